The number of esters is 2. The fourth-order valence-corrected chi connectivity index (χ4v) is 5.78. The third-order valence-corrected chi connectivity index (χ3v) is 7.74. The lowest BCUT2D eigenvalue weighted by atomic mass is 9.81. The topological polar surface area (TPSA) is 80.3 Å². The van der Waals surface area contributed by atoms with Crippen molar-refractivity contribution in [2.75, 3.05) is 6.61 Å². The van der Waals surface area contributed by atoms with Crippen molar-refractivity contribution in [2.24, 2.45) is 11.8 Å². The second kappa shape index (κ2) is 19.3. The Labute approximate surface area is 249 Å². The molecule has 1 aromatic carbocycles. The quantitative estimate of drug-likeness (QED) is 0.108. The first-order chi connectivity index (χ1) is 19.6. The summed E-state index contributed by atoms with van der Waals surface area (Å²) in [6, 6.07) is 10.0. The van der Waals surface area contributed by atoms with Gasteiger partial charge in [0.2, 0.25) is 6.29 Å². The molecule has 0 amide bonds. The summed E-state index contributed by atoms with van der Waals surface area (Å²) in [7, 11) is 0. The van der Waals surface area contributed by atoms with Gasteiger partial charge in [-0.2, -0.15) is 0 Å². The van der Waals surface area contributed by atoms with Crippen LogP contribution in [0.5, 0.6) is 0 Å². The first-order valence-corrected chi connectivity index (χ1v) is 15.9. The highest BCUT2D eigenvalue weighted by atomic mass is 16.8. The van der Waals surface area contributed by atoms with E-state index in [1.807, 2.05) is 44.2 Å². The minimum Gasteiger partial charge on any atom is -0.462 e. The summed E-state index contributed by atoms with van der Waals surface area (Å²) in [6.45, 7) is 11.7. The number of unbranched alkanes of at least 4 members (excludes halogenated alkanes) is 10. The molecule has 0 radical (unpaired) electrons. The van der Waals surface area contributed by atoms with Crippen molar-refractivity contribution >= 4 is 11.9 Å². The smallest absolute Gasteiger partial charge is 0.305 e. The summed E-state index contributed by atoms with van der Waals surface area (Å²) in [5.41, 5.74) is 1.09. The van der Waals surface area contributed by atoms with Crippen molar-refractivity contribution in [3.63, 3.8) is 0 Å². The molecular formula is C34H56O7. The molecule has 7 nitrogen and oxygen atoms in total. The Hall–Kier alpha value is -1.96. The SMILES string of the molecule is CCCCCCCCCCCCC[C@@H](OC(C)=O)[C@H]([C@H]1OC(C)(C)O[C@@H]1OC(C)=O)[C@@H](C)COCc1ccccc1. The van der Waals surface area contributed by atoms with E-state index in [9.17, 15) is 9.59 Å². The molecule has 0 aliphatic carbocycles. The molecule has 5 atom stereocenters. The van der Waals surface area contributed by atoms with Crippen molar-refractivity contribution in [2.45, 2.75) is 149 Å². The monoisotopic (exact) mass is 576 g/mol. The molecule has 2 rings (SSSR count). The normalized spacial score (nSPS) is 20.3. The van der Waals surface area contributed by atoms with Crippen molar-refractivity contribution in [3.05, 3.63) is 35.9 Å². The number of carbonyl (C=O) groups is 2. The molecular weight excluding hydrogens is 520 g/mol. The number of carbonyl (C=O) groups excluding carboxylic acids is 2. The molecule has 0 spiro atoms. The first kappa shape index (κ1) is 35.2. The van der Waals surface area contributed by atoms with Gasteiger partial charge in [-0.1, -0.05) is 108 Å². The molecule has 0 bridgehead atoms. The zero-order chi connectivity index (χ0) is 30.1. The fraction of sp³-hybridized carbons (Fsp3) is 0.765. The average molecular weight is 577 g/mol. The average Bonchev–Trinajstić information content (AvgIpc) is 3.20. The van der Waals surface area contributed by atoms with Crippen LogP contribution >= 0.6 is 0 Å². The van der Waals surface area contributed by atoms with Crippen molar-refractivity contribution < 1.29 is 33.3 Å². The van der Waals surface area contributed by atoms with Crippen LogP contribution in [0, 0.1) is 11.8 Å². The van der Waals surface area contributed by atoms with Gasteiger partial charge in [0.1, 0.15) is 12.2 Å². The van der Waals surface area contributed by atoms with Crippen LogP contribution in [-0.4, -0.2) is 42.8 Å². The van der Waals surface area contributed by atoms with Crippen molar-refractivity contribution in [1.82, 2.24) is 0 Å². The number of ether oxygens (including phenoxy) is 5. The standard InChI is InChI=1S/C34H56O7/c1-7-8-9-10-11-12-13-14-15-16-20-23-30(38-27(3)35)31(26(2)24-37-25-29-21-18-17-19-22-29)32-33(39-28(4)36)41-34(5,6)40-32/h17-19,21-22,26,30-33H,7-16,20,23-25H2,1-6H3/t26-,30+,31+,32+,33-/m0/s1. The molecule has 41 heavy (non-hydrogen) atoms. The maximum Gasteiger partial charge on any atom is 0.305 e. The summed E-state index contributed by atoms with van der Waals surface area (Å²) in [5.74, 6) is -2.06. The largest absolute Gasteiger partial charge is 0.462 e. The predicted octanol–water partition coefficient (Wildman–Crippen LogP) is 8.13. The van der Waals surface area contributed by atoms with Gasteiger partial charge in [-0.25, -0.2) is 0 Å². The van der Waals surface area contributed by atoms with E-state index in [1.165, 1.54) is 71.6 Å². The lowest BCUT2D eigenvalue weighted by Crippen LogP contribution is -2.46. The van der Waals surface area contributed by atoms with Crippen molar-refractivity contribution in [1.29, 1.82) is 0 Å². The Morgan fingerprint density at radius 3 is 2.00 bits per heavy atom. The maximum atomic E-state index is 12.3. The van der Waals surface area contributed by atoms with Gasteiger partial charge in [0.25, 0.3) is 0 Å². The minimum absolute atomic E-state index is 0.0590. The molecule has 1 aliphatic heterocycles. The molecule has 0 unspecified atom stereocenters. The Morgan fingerprint density at radius 2 is 1.44 bits per heavy atom. The number of hydrogen-bond acceptors (Lipinski definition) is 7. The lowest BCUT2D eigenvalue weighted by molar-refractivity contribution is -0.196. The molecule has 1 fully saturated rings. The third-order valence-electron chi connectivity index (χ3n) is 7.74. The molecule has 1 aromatic rings. The van der Waals surface area contributed by atoms with E-state index in [-0.39, 0.29) is 17.8 Å². The van der Waals surface area contributed by atoms with E-state index in [4.69, 9.17) is 23.7 Å². The molecule has 0 N–H and O–H groups in total. The van der Waals surface area contributed by atoms with Crippen molar-refractivity contribution in [3.8, 4) is 0 Å². The molecule has 234 valence electrons. The van der Waals surface area contributed by atoms with Gasteiger partial charge in [-0.15, -0.1) is 0 Å². The van der Waals surface area contributed by atoms with Crippen LogP contribution in [-0.2, 0) is 39.9 Å². The highest BCUT2D eigenvalue weighted by molar-refractivity contribution is 5.66. The number of rotatable bonds is 21. The Bertz CT molecular complexity index is 856. The zero-order valence-corrected chi connectivity index (χ0v) is 26.5. The molecule has 1 saturated heterocycles. The van der Waals surface area contributed by atoms with Gasteiger partial charge in [-0.3, -0.25) is 9.59 Å². The Morgan fingerprint density at radius 1 is 0.854 bits per heavy atom. The number of benzene rings is 1. The summed E-state index contributed by atoms with van der Waals surface area (Å²) < 4.78 is 30.0. The van der Waals surface area contributed by atoms with E-state index < -0.39 is 30.3 Å². The minimum atomic E-state index is -0.940. The van der Waals surface area contributed by atoms with E-state index in [2.05, 4.69) is 13.8 Å². The first-order valence-electron chi connectivity index (χ1n) is 15.9. The molecule has 0 saturated carbocycles. The van der Waals surface area contributed by atoms with Gasteiger partial charge in [0.05, 0.1) is 13.2 Å². The van der Waals surface area contributed by atoms with Gasteiger partial charge in [-0.05, 0) is 38.2 Å². The summed E-state index contributed by atoms with van der Waals surface area (Å²) in [4.78, 5) is 24.2. The van der Waals surface area contributed by atoms with Crippen LogP contribution in [0.4, 0.5) is 0 Å². The van der Waals surface area contributed by atoms with E-state index in [1.54, 1.807) is 0 Å². The van der Waals surface area contributed by atoms with Crippen LogP contribution in [0.2, 0.25) is 0 Å². The van der Waals surface area contributed by atoms with Gasteiger partial charge in [0.15, 0.2) is 5.79 Å². The van der Waals surface area contributed by atoms with Crippen LogP contribution in [0.3, 0.4) is 0 Å². The molecule has 1 aliphatic rings. The second-order valence-electron chi connectivity index (χ2n) is 12.1. The summed E-state index contributed by atoms with van der Waals surface area (Å²) >= 11 is 0. The number of hydrogen-bond donors (Lipinski definition) is 0. The van der Waals surface area contributed by atoms with E-state index >= 15 is 0 Å². The van der Waals surface area contributed by atoms with Crippen LogP contribution in [0.25, 0.3) is 0 Å². The van der Waals surface area contributed by atoms with E-state index in [0.717, 1.165) is 18.4 Å². The Kier molecular flexibility index (Phi) is 16.6. The molecule has 7 heteroatoms. The third kappa shape index (κ3) is 14.2. The van der Waals surface area contributed by atoms with Crippen LogP contribution in [0.15, 0.2) is 30.3 Å². The summed E-state index contributed by atoms with van der Waals surface area (Å²) in [6.07, 6.45) is 12.5. The fourth-order valence-electron chi connectivity index (χ4n) is 5.78. The van der Waals surface area contributed by atoms with E-state index in [0.29, 0.717) is 19.6 Å². The van der Waals surface area contributed by atoms with Gasteiger partial charge in [0, 0.05) is 19.8 Å². The van der Waals surface area contributed by atoms with Crippen LogP contribution in [0.1, 0.15) is 124 Å². The highest BCUT2D eigenvalue weighted by Gasteiger charge is 2.51. The summed E-state index contributed by atoms with van der Waals surface area (Å²) in [5, 5.41) is 0. The van der Waals surface area contributed by atoms with Crippen LogP contribution < -0.4 is 0 Å². The second-order valence-corrected chi connectivity index (χ2v) is 12.1. The van der Waals surface area contributed by atoms with Gasteiger partial charge >= 0.3 is 11.9 Å². The maximum absolute atomic E-state index is 12.3. The Balaban J connectivity index is 2.04. The lowest BCUT2D eigenvalue weighted by Gasteiger charge is -2.36. The predicted molar refractivity (Wildman–Crippen MR) is 161 cm³/mol. The molecule has 0 aromatic heterocycles. The van der Waals surface area contributed by atoms with Gasteiger partial charge < -0.3 is 23.7 Å². The highest BCUT2D eigenvalue weighted by Crippen LogP contribution is 2.39. The zero-order valence-electron chi connectivity index (χ0n) is 26.5. The molecule has 1 heterocycles.